The molecule has 5 heteroatoms. The third kappa shape index (κ3) is 4.42. The first-order valence-corrected chi connectivity index (χ1v) is 9.35. The Balaban J connectivity index is 1.75. The zero-order valence-electron chi connectivity index (χ0n) is 16.5. The quantitative estimate of drug-likeness (QED) is 0.834. The molecule has 1 aliphatic heterocycles. The van der Waals surface area contributed by atoms with Crippen LogP contribution in [0.15, 0.2) is 36.4 Å². The van der Waals surface area contributed by atoms with Crippen molar-refractivity contribution in [3.63, 3.8) is 0 Å². The van der Waals surface area contributed by atoms with Gasteiger partial charge in [-0.25, -0.2) is 0 Å². The number of carbonyl (C=O) groups is 1. The number of hydrogen-bond donors (Lipinski definition) is 1. The van der Waals surface area contributed by atoms with E-state index in [0.717, 1.165) is 53.3 Å². The molecule has 0 bridgehead atoms. The fourth-order valence-electron chi connectivity index (χ4n) is 3.71. The number of amides is 1. The summed E-state index contributed by atoms with van der Waals surface area (Å²) < 4.78 is 10.9. The van der Waals surface area contributed by atoms with Gasteiger partial charge in [-0.05, 0) is 68.6 Å². The van der Waals surface area contributed by atoms with Crippen molar-refractivity contribution in [2.45, 2.75) is 32.7 Å². The highest BCUT2D eigenvalue weighted by molar-refractivity contribution is 5.93. The van der Waals surface area contributed by atoms with E-state index in [2.05, 4.69) is 16.3 Å². The highest BCUT2D eigenvalue weighted by Crippen LogP contribution is 2.38. The molecule has 0 aromatic heterocycles. The van der Waals surface area contributed by atoms with Crippen LogP contribution in [0.3, 0.4) is 0 Å². The van der Waals surface area contributed by atoms with Crippen molar-refractivity contribution < 1.29 is 14.3 Å². The normalized spacial score (nSPS) is 17.0. The number of ether oxygens (including phenoxy) is 2. The van der Waals surface area contributed by atoms with Crippen molar-refractivity contribution in [2.24, 2.45) is 0 Å². The number of nitrogens with zero attached hydrogens (tertiary/aromatic N) is 1. The fourth-order valence-corrected chi connectivity index (χ4v) is 3.71. The first-order valence-electron chi connectivity index (χ1n) is 9.35. The van der Waals surface area contributed by atoms with Crippen molar-refractivity contribution in [2.75, 3.05) is 32.6 Å². The summed E-state index contributed by atoms with van der Waals surface area (Å²) in [5.74, 6) is 1.65. The Morgan fingerprint density at radius 1 is 1.15 bits per heavy atom. The summed E-state index contributed by atoms with van der Waals surface area (Å²) in [6.07, 6.45) is 2.06. The predicted molar refractivity (Wildman–Crippen MR) is 108 cm³/mol. The Bertz CT molecular complexity index is 819. The maximum Gasteiger partial charge on any atom is 0.238 e. The summed E-state index contributed by atoms with van der Waals surface area (Å²) in [6, 6.07) is 12.1. The van der Waals surface area contributed by atoms with Gasteiger partial charge in [-0.3, -0.25) is 9.69 Å². The van der Waals surface area contributed by atoms with Gasteiger partial charge < -0.3 is 14.8 Å². The van der Waals surface area contributed by atoms with Gasteiger partial charge in [0.05, 0.1) is 20.8 Å². The second-order valence-corrected chi connectivity index (χ2v) is 7.10. The van der Waals surface area contributed by atoms with Crippen molar-refractivity contribution in [1.29, 1.82) is 0 Å². The molecule has 0 saturated carbocycles. The van der Waals surface area contributed by atoms with Gasteiger partial charge >= 0.3 is 0 Å². The Hall–Kier alpha value is -2.53. The summed E-state index contributed by atoms with van der Waals surface area (Å²) in [4.78, 5) is 14.9. The van der Waals surface area contributed by atoms with Crippen LogP contribution >= 0.6 is 0 Å². The number of methoxy groups -OCH3 is 2. The smallest absolute Gasteiger partial charge is 0.238 e. The molecule has 0 aliphatic carbocycles. The van der Waals surface area contributed by atoms with Crippen molar-refractivity contribution in [3.8, 4) is 11.5 Å². The number of rotatable bonds is 6. The second-order valence-electron chi connectivity index (χ2n) is 7.10. The highest BCUT2D eigenvalue weighted by Gasteiger charge is 2.30. The monoisotopic (exact) mass is 368 g/mol. The van der Waals surface area contributed by atoms with Gasteiger partial charge in [0.25, 0.3) is 0 Å². The van der Waals surface area contributed by atoms with E-state index in [1.807, 2.05) is 44.2 Å². The van der Waals surface area contributed by atoms with Crippen LogP contribution in [-0.2, 0) is 4.79 Å². The molecule has 5 nitrogen and oxygen atoms in total. The highest BCUT2D eigenvalue weighted by atomic mass is 16.5. The van der Waals surface area contributed by atoms with E-state index in [0.29, 0.717) is 6.54 Å². The molecule has 0 spiro atoms. The number of hydrogen-bond acceptors (Lipinski definition) is 4. The van der Waals surface area contributed by atoms with E-state index in [9.17, 15) is 4.79 Å². The molecule has 3 rings (SSSR count). The van der Waals surface area contributed by atoms with Crippen LogP contribution in [0.4, 0.5) is 5.69 Å². The van der Waals surface area contributed by atoms with Gasteiger partial charge in [0, 0.05) is 17.3 Å². The molecule has 1 saturated heterocycles. The molecule has 144 valence electrons. The lowest BCUT2D eigenvalue weighted by Gasteiger charge is -2.26. The largest absolute Gasteiger partial charge is 0.497 e. The molecular formula is C22H28N2O3. The lowest BCUT2D eigenvalue weighted by molar-refractivity contribution is -0.117. The zero-order valence-corrected chi connectivity index (χ0v) is 16.5. The van der Waals surface area contributed by atoms with E-state index in [-0.39, 0.29) is 11.9 Å². The van der Waals surface area contributed by atoms with Gasteiger partial charge in [0.15, 0.2) is 0 Å². The lowest BCUT2D eigenvalue weighted by atomic mass is 10.0. The molecule has 2 aromatic carbocycles. The minimum absolute atomic E-state index is 0.0115. The van der Waals surface area contributed by atoms with Gasteiger partial charge in [-0.1, -0.05) is 12.1 Å². The second kappa shape index (κ2) is 8.44. The third-order valence-electron chi connectivity index (χ3n) is 5.17. The molecule has 1 amide bonds. The topological polar surface area (TPSA) is 50.8 Å². The number of likely N-dealkylation sites (tertiary alicyclic amines) is 1. The van der Waals surface area contributed by atoms with Crippen LogP contribution in [0.1, 0.15) is 35.6 Å². The average Bonchev–Trinajstić information content (AvgIpc) is 3.11. The molecule has 1 aliphatic rings. The number of nitrogens with one attached hydrogen (secondary N) is 1. The molecule has 0 radical (unpaired) electrons. The number of benzene rings is 2. The van der Waals surface area contributed by atoms with E-state index in [4.69, 9.17) is 9.47 Å². The Morgan fingerprint density at radius 3 is 2.70 bits per heavy atom. The molecule has 1 fully saturated rings. The Morgan fingerprint density at radius 2 is 1.96 bits per heavy atom. The average molecular weight is 368 g/mol. The van der Waals surface area contributed by atoms with Gasteiger partial charge in [-0.2, -0.15) is 0 Å². The summed E-state index contributed by atoms with van der Waals surface area (Å²) in [5, 5.41) is 3.06. The summed E-state index contributed by atoms with van der Waals surface area (Å²) >= 11 is 0. The lowest BCUT2D eigenvalue weighted by Crippen LogP contribution is -2.33. The van der Waals surface area contributed by atoms with E-state index < -0.39 is 0 Å². The third-order valence-corrected chi connectivity index (χ3v) is 5.17. The van der Waals surface area contributed by atoms with E-state index >= 15 is 0 Å². The van der Waals surface area contributed by atoms with Crippen molar-refractivity contribution >= 4 is 11.6 Å². The molecule has 1 N–H and O–H groups in total. The molecule has 1 heterocycles. The molecule has 2 aromatic rings. The minimum atomic E-state index is 0.0115. The molecular weight excluding hydrogens is 340 g/mol. The predicted octanol–water partition coefficient (Wildman–Crippen LogP) is 4.10. The van der Waals surface area contributed by atoms with E-state index in [1.54, 1.807) is 14.2 Å². The van der Waals surface area contributed by atoms with Crippen LogP contribution in [0.5, 0.6) is 11.5 Å². The molecule has 1 unspecified atom stereocenters. The zero-order chi connectivity index (χ0) is 19.4. The minimum Gasteiger partial charge on any atom is -0.497 e. The first-order chi connectivity index (χ1) is 13.0. The van der Waals surface area contributed by atoms with Crippen LogP contribution < -0.4 is 14.8 Å². The van der Waals surface area contributed by atoms with Crippen LogP contribution in [-0.4, -0.2) is 38.1 Å². The molecule has 1 atom stereocenters. The van der Waals surface area contributed by atoms with E-state index in [1.165, 1.54) is 0 Å². The maximum absolute atomic E-state index is 12.7. The Labute approximate surface area is 161 Å². The van der Waals surface area contributed by atoms with Crippen LogP contribution in [0.2, 0.25) is 0 Å². The molecule has 27 heavy (non-hydrogen) atoms. The fraction of sp³-hybridized carbons (Fsp3) is 0.409. The summed E-state index contributed by atoms with van der Waals surface area (Å²) in [7, 11) is 3.34. The van der Waals surface area contributed by atoms with Gasteiger partial charge in [0.1, 0.15) is 11.5 Å². The van der Waals surface area contributed by atoms with Gasteiger partial charge in [0.2, 0.25) is 5.91 Å². The van der Waals surface area contributed by atoms with Crippen molar-refractivity contribution in [1.82, 2.24) is 4.90 Å². The first kappa shape index (κ1) is 19.2. The summed E-state index contributed by atoms with van der Waals surface area (Å²) in [5.41, 5.74) is 4.17. The SMILES string of the molecule is COc1ccc(OC)c(C2CCCN2CC(=O)Nc2cc(C)ccc2C)c1. The maximum atomic E-state index is 12.7. The number of carbonyl (C=O) groups excluding carboxylic acids is 1. The Kier molecular flexibility index (Phi) is 6.01. The summed E-state index contributed by atoms with van der Waals surface area (Å²) in [6.45, 7) is 5.29. The van der Waals surface area contributed by atoms with Crippen LogP contribution in [0.25, 0.3) is 0 Å². The standard InChI is InChI=1S/C22H28N2O3/c1-15-7-8-16(2)19(12-15)23-22(25)14-24-11-5-6-20(24)18-13-17(26-3)9-10-21(18)27-4/h7-10,12-13,20H,5-6,11,14H2,1-4H3,(H,23,25). The number of anilines is 1. The van der Waals surface area contributed by atoms with Crippen LogP contribution in [0, 0.1) is 13.8 Å². The van der Waals surface area contributed by atoms with Crippen molar-refractivity contribution in [3.05, 3.63) is 53.1 Å². The van der Waals surface area contributed by atoms with Gasteiger partial charge in [-0.15, -0.1) is 0 Å². The number of aryl methyl sites for hydroxylation is 2.